The SMILES string of the molecule is COC(=O)[C@H](O)C1CCN(Cc2cn(C)nc2-c2cccs2)CC1. The molecule has 1 fully saturated rings. The van der Waals surface area contributed by atoms with Gasteiger partial charge in [-0.1, -0.05) is 6.07 Å². The first-order valence-electron chi connectivity index (χ1n) is 8.13. The van der Waals surface area contributed by atoms with E-state index in [0.717, 1.165) is 38.2 Å². The molecular formula is C17H23N3O3S. The Labute approximate surface area is 145 Å². The number of aryl methyl sites for hydroxylation is 1. The molecule has 0 radical (unpaired) electrons. The van der Waals surface area contributed by atoms with Gasteiger partial charge in [-0.3, -0.25) is 9.58 Å². The fourth-order valence-corrected chi connectivity index (χ4v) is 4.00. The van der Waals surface area contributed by atoms with Crippen LogP contribution >= 0.6 is 11.3 Å². The molecule has 0 unspecified atom stereocenters. The molecule has 1 aliphatic heterocycles. The molecule has 130 valence electrons. The van der Waals surface area contributed by atoms with E-state index in [1.54, 1.807) is 11.3 Å². The van der Waals surface area contributed by atoms with Crippen molar-refractivity contribution in [1.82, 2.24) is 14.7 Å². The third-order valence-electron chi connectivity index (χ3n) is 4.57. The van der Waals surface area contributed by atoms with Crippen molar-refractivity contribution < 1.29 is 14.6 Å². The van der Waals surface area contributed by atoms with Gasteiger partial charge in [0.1, 0.15) is 5.69 Å². The molecule has 24 heavy (non-hydrogen) atoms. The predicted molar refractivity (Wildman–Crippen MR) is 92.5 cm³/mol. The lowest BCUT2D eigenvalue weighted by atomic mass is 9.91. The highest BCUT2D eigenvalue weighted by molar-refractivity contribution is 7.13. The average Bonchev–Trinajstić information content (AvgIpc) is 3.23. The number of hydrogen-bond donors (Lipinski definition) is 1. The highest BCUT2D eigenvalue weighted by Gasteiger charge is 2.30. The standard InChI is InChI=1S/C17H23N3O3S/c1-19-10-13(15(18-19)14-4-3-9-24-14)11-20-7-5-12(6-8-20)16(21)17(22)23-2/h3-4,9-10,12,16,21H,5-8,11H2,1-2H3/t16-/m1/s1. The summed E-state index contributed by atoms with van der Waals surface area (Å²) in [6.45, 7) is 2.55. The van der Waals surface area contributed by atoms with Crippen LogP contribution in [0.2, 0.25) is 0 Å². The normalized spacial score (nSPS) is 17.8. The first kappa shape index (κ1) is 17.1. The summed E-state index contributed by atoms with van der Waals surface area (Å²) >= 11 is 1.70. The fourth-order valence-electron chi connectivity index (χ4n) is 3.25. The van der Waals surface area contributed by atoms with Crippen molar-refractivity contribution in [3.05, 3.63) is 29.3 Å². The maximum atomic E-state index is 11.5. The van der Waals surface area contributed by atoms with Crippen molar-refractivity contribution in [2.24, 2.45) is 13.0 Å². The minimum absolute atomic E-state index is 0.0145. The number of ether oxygens (including phenoxy) is 1. The Morgan fingerprint density at radius 3 is 2.88 bits per heavy atom. The van der Waals surface area contributed by atoms with Crippen molar-refractivity contribution in [2.45, 2.75) is 25.5 Å². The van der Waals surface area contributed by atoms with Crippen LogP contribution in [0.4, 0.5) is 0 Å². The minimum Gasteiger partial charge on any atom is -0.467 e. The van der Waals surface area contributed by atoms with Crippen molar-refractivity contribution in [2.75, 3.05) is 20.2 Å². The van der Waals surface area contributed by atoms with Crippen molar-refractivity contribution in [3.63, 3.8) is 0 Å². The summed E-state index contributed by atoms with van der Waals surface area (Å²) in [7, 11) is 3.26. The molecule has 0 saturated carbocycles. The average molecular weight is 349 g/mol. The van der Waals surface area contributed by atoms with E-state index < -0.39 is 12.1 Å². The number of aliphatic hydroxyl groups is 1. The molecule has 1 aliphatic rings. The number of piperidine rings is 1. The lowest BCUT2D eigenvalue weighted by Gasteiger charge is -2.33. The highest BCUT2D eigenvalue weighted by atomic mass is 32.1. The van der Waals surface area contributed by atoms with Crippen molar-refractivity contribution >= 4 is 17.3 Å². The van der Waals surface area contributed by atoms with Gasteiger partial charge < -0.3 is 9.84 Å². The smallest absolute Gasteiger partial charge is 0.334 e. The van der Waals surface area contributed by atoms with Crippen LogP contribution in [-0.4, -0.2) is 52.1 Å². The molecule has 6 nitrogen and oxygen atoms in total. The second kappa shape index (κ2) is 7.46. The zero-order valence-electron chi connectivity index (χ0n) is 14.0. The van der Waals surface area contributed by atoms with Crippen LogP contribution in [0.5, 0.6) is 0 Å². The first-order chi connectivity index (χ1) is 11.6. The molecule has 2 aromatic rings. The van der Waals surface area contributed by atoms with E-state index in [-0.39, 0.29) is 5.92 Å². The zero-order chi connectivity index (χ0) is 17.1. The number of carbonyl (C=O) groups is 1. The lowest BCUT2D eigenvalue weighted by molar-refractivity contribution is -0.154. The number of thiophene rings is 1. The van der Waals surface area contributed by atoms with Crippen LogP contribution in [0.1, 0.15) is 18.4 Å². The van der Waals surface area contributed by atoms with Gasteiger partial charge in [0, 0.05) is 25.4 Å². The van der Waals surface area contributed by atoms with E-state index in [1.807, 2.05) is 17.8 Å². The molecule has 0 spiro atoms. The van der Waals surface area contributed by atoms with Crippen LogP contribution in [-0.2, 0) is 23.1 Å². The van der Waals surface area contributed by atoms with E-state index in [9.17, 15) is 9.90 Å². The number of rotatable bonds is 5. The van der Waals surface area contributed by atoms with Gasteiger partial charge >= 0.3 is 5.97 Å². The topological polar surface area (TPSA) is 67.6 Å². The van der Waals surface area contributed by atoms with Gasteiger partial charge in [0.25, 0.3) is 0 Å². The molecule has 2 aromatic heterocycles. The molecule has 1 N–H and O–H groups in total. The van der Waals surface area contributed by atoms with Crippen LogP contribution < -0.4 is 0 Å². The molecule has 0 aromatic carbocycles. The fraction of sp³-hybridized carbons (Fsp3) is 0.529. The Morgan fingerprint density at radius 1 is 1.50 bits per heavy atom. The number of likely N-dealkylation sites (tertiary alicyclic amines) is 1. The Hall–Kier alpha value is -1.70. The van der Waals surface area contributed by atoms with Crippen molar-refractivity contribution in [3.8, 4) is 10.6 Å². The second-order valence-corrected chi connectivity index (χ2v) is 7.18. The summed E-state index contributed by atoms with van der Waals surface area (Å²) in [6.07, 6.45) is 2.66. The third-order valence-corrected chi connectivity index (χ3v) is 5.45. The summed E-state index contributed by atoms with van der Waals surface area (Å²) < 4.78 is 6.49. The number of nitrogens with zero attached hydrogens (tertiary/aromatic N) is 3. The largest absolute Gasteiger partial charge is 0.467 e. The van der Waals surface area contributed by atoms with Crippen LogP contribution in [0.15, 0.2) is 23.7 Å². The van der Waals surface area contributed by atoms with E-state index in [4.69, 9.17) is 0 Å². The highest BCUT2D eigenvalue weighted by Crippen LogP contribution is 2.29. The molecule has 3 heterocycles. The van der Waals surface area contributed by atoms with Gasteiger partial charge in [0.2, 0.25) is 0 Å². The number of carbonyl (C=O) groups excluding carboxylic acids is 1. The zero-order valence-corrected chi connectivity index (χ0v) is 14.8. The molecule has 1 atom stereocenters. The summed E-state index contributed by atoms with van der Waals surface area (Å²) in [4.78, 5) is 15.0. The van der Waals surface area contributed by atoms with Gasteiger partial charge in [-0.25, -0.2) is 4.79 Å². The summed E-state index contributed by atoms with van der Waals surface area (Å²) in [5.41, 5.74) is 2.26. The summed E-state index contributed by atoms with van der Waals surface area (Å²) in [6, 6.07) is 4.13. The van der Waals surface area contributed by atoms with Gasteiger partial charge in [-0.2, -0.15) is 5.10 Å². The molecule has 1 saturated heterocycles. The molecule has 3 rings (SSSR count). The molecule has 0 amide bonds. The van der Waals surface area contributed by atoms with E-state index >= 15 is 0 Å². The Bertz CT molecular complexity index is 675. The van der Waals surface area contributed by atoms with Gasteiger partial charge in [-0.15, -0.1) is 11.3 Å². The number of esters is 1. The van der Waals surface area contributed by atoms with Crippen LogP contribution in [0.3, 0.4) is 0 Å². The molecule has 0 bridgehead atoms. The monoisotopic (exact) mass is 349 g/mol. The Balaban J connectivity index is 1.62. The third kappa shape index (κ3) is 3.68. The van der Waals surface area contributed by atoms with Crippen LogP contribution in [0, 0.1) is 5.92 Å². The summed E-state index contributed by atoms with van der Waals surface area (Å²) in [5.74, 6) is -0.542. The van der Waals surface area contributed by atoms with Crippen LogP contribution in [0.25, 0.3) is 10.6 Å². The molecule has 7 heteroatoms. The lowest BCUT2D eigenvalue weighted by Crippen LogP contribution is -2.40. The molecule has 0 aliphatic carbocycles. The van der Waals surface area contributed by atoms with Gasteiger partial charge in [0.15, 0.2) is 6.10 Å². The Kier molecular flexibility index (Phi) is 5.33. The predicted octanol–water partition coefficient (Wildman–Crippen LogP) is 1.89. The maximum Gasteiger partial charge on any atom is 0.334 e. The molecular weight excluding hydrogens is 326 g/mol. The van der Waals surface area contributed by atoms with E-state index in [0.29, 0.717) is 0 Å². The Morgan fingerprint density at radius 2 is 2.25 bits per heavy atom. The number of aromatic nitrogens is 2. The number of methoxy groups -OCH3 is 1. The first-order valence-corrected chi connectivity index (χ1v) is 9.01. The van der Waals surface area contributed by atoms with E-state index in [2.05, 4.69) is 32.4 Å². The maximum absolute atomic E-state index is 11.5. The van der Waals surface area contributed by atoms with Gasteiger partial charge in [0.05, 0.1) is 12.0 Å². The number of hydrogen-bond acceptors (Lipinski definition) is 6. The van der Waals surface area contributed by atoms with Crippen molar-refractivity contribution in [1.29, 1.82) is 0 Å². The van der Waals surface area contributed by atoms with E-state index in [1.165, 1.54) is 17.6 Å². The minimum atomic E-state index is -1.00. The number of aliphatic hydroxyl groups excluding tert-OH is 1. The second-order valence-electron chi connectivity index (χ2n) is 6.24. The van der Waals surface area contributed by atoms with Gasteiger partial charge in [-0.05, 0) is 43.3 Å². The summed E-state index contributed by atoms with van der Waals surface area (Å²) in [5, 5.41) is 16.6. The quantitative estimate of drug-likeness (QED) is 0.835.